The third-order valence-corrected chi connectivity index (χ3v) is 7.85. The fraction of sp³-hybridized carbons (Fsp3) is 0.357. The SMILES string of the molecule is COc1ccc(-c2cccc3c2CCC3O)c(OCc2ccc(S(C)(=O)=O)cc2)c1OCC1CC1. The van der Waals surface area contributed by atoms with E-state index in [2.05, 4.69) is 6.07 Å². The topological polar surface area (TPSA) is 82.1 Å². The highest BCUT2D eigenvalue weighted by Crippen LogP contribution is 2.48. The van der Waals surface area contributed by atoms with Crippen LogP contribution in [0.5, 0.6) is 17.2 Å². The van der Waals surface area contributed by atoms with E-state index in [1.807, 2.05) is 24.3 Å². The lowest BCUT2D eigenvalue weighted by atomic mass is 9.95. The third-order valence-electron chi connectivity index (χ3n) is 6.72. The van der Waals surface area contributed by atoms with Crippen LogP contribution < -0.4 is 14.2 Å². The lowest BCUT2D eigenvalue weighted by Crippen LogP contribution is -2.06. The second-order valence-corrected chi connectivity index (χ2v) is 11.4. The molecule has 3 aromatic rings. The summed E-state index contributed by atoms with van der Waals surface area (Å²) >= 11 is 0. The standard InChI is InChI=1S/C28H30O6S/c1-32-26-15-13-24(21-4-3-5-23-22(21)12-14-25(23)29)27(28(26)34-17-18-6-7-18)33-16-19-8-10-20(11-9-19)35(2,30)31/h3-5,8-11,13,15,18,25,29H,6-7,12,14,16-17H2,1-2H3. The number of hydrogen-bond acceptors (Lipinski definition) is 6. The largest absolute Gasteiger partial charge is 0.493 e. The minimum Gasteiger partial charge on any atom is -0.493 e. The molecule has 2 aliphatic carbocycles. The van der Waals surface area contributed by atoms with E-state index in [1.165, 1.54) is 6.26 Å². The first-order valence-corrected chi connectivity index (χ1v) is 13.8. The monoisotopic (exact) mass is 494 g/mol. The molecule has 0 amide bonds. The minimum atomic E-state index is -3.26. The molecule has 1 unspecified atom stereocenters. The second-order valence-electron chi connectivity index (χ2n) is 9.36. The van der Waals surface area contributed by atoms with Crippen molar-refractivity contribution < 1.29 is 27.7 Å². The summed E-state index contributed by atoms with van der Waals surface area (Å²) in [6.45, 7) is 0.840. The highest BCUT2D eigenvalue weighted by molar-refractivity contribution is 7.90. The van der Waals surface area contributed by atoms with Crippen molar-refractivity contribution in [3.63, 3.8) is 0 Å². The Balaban J connectivity index is 1.54. The molecule has 6 nitrogen and oxygen atoms in total. The molecule has 1 N–H and O–H groups in total. The van der Waals surface area contributed by atoms with Crippen molar-refractivity contribution in [3.8, 4) is 28.4 Å². The number of fused-ring (bicyclic) bond motifs is 1. The van der Waals surface area contributed by atoms with E-state index in [0.717, 1.165) is 47.1 Å². The van der Waals surface area contributed by atoms with E-state index in [0.29, 0.717) is 36.2 Å². The van der Waals surface area contributed by atoms with Gasteiger partial charge in [0.05, 0.1) is 24.7 Å². The molecule has 7 heteroatoms. The van der Waals surface area contributed by atoms with Crippen molar-refractivity contribution in [1.29, 1.82) is 0 Å². The molecular weight excluding hydrogens is 464 g/mol. The fourth-order valence-corrected chi connectivity index (χ4v) is 5.19. The Labute approximate surface area is 206 Å². The number of aliphatic hydroxyl groups is 1. The van der Waals surface area contributed by atoms with Crippen molar-refractivity contribution in [2.24, 2.45) is 5.92 Å². The molecular formula is C28H30O6S. The van der Waals surface area contributed by atoms with Gasteiger partial charge in [-0.25, -0.2) is 8.42 Å². The number of aliphatic hydroxyl groups excluding tert-OH is 1. The van der Waals surface area contributed by atoms with Crippen LogP contribution >= 0.6 is 0 Å². The van der Waals surface area contributed by atoms with Gasteiger partial charge >= 0.3 is 0 Å². The maximum Gasteiger partial charge on any atom is 0.204 e. The summed E-state index contributed by atoms with van der Waals surface area (Å²) in [5.74, 6) is 2.31. The number of hydrogen-bond donors (Lipinski definition) is 1. The van der Waals surface area contributed by atoms with Crippen molar-refractivity contribution >= 4 is 9.84 Å². The van der Waals surface area contributed by atoms with Gasteiger partial charge < -0.3 is 19.3 Å². The van der Waals surface area contributed by atoms with Gasteiger partial charge in [0.15, 0.2) is 21.3 Å². The van der Waals surface area contributed by atoms with E-state index in [-0.39, 0.29) is 11.5 Å². The van der Waals surface area contributed by atoms with Gasteiger partial charge in [-0.3, -0.25) is 0 Å². The molecule has 0 aromatic heterocycles. The first-order chi connectivity index (χ1) is 16.8. The van der Waals surface area contributed by atoms with Crippen molar-refractivity contribution in [3.05, 3.63) is 71.3 Å². The van der Waals surface area contributed by atoms with Gasteiger partial charge in [-0.05, 0) is 78.1 Å². The van der Waals surface area contributed by atoms with Crippen LogP contribution in [0.3, 0.4) is 0 Å². The molecule has 1 fully saturated rings. The van der Waals surface area contributed by atoms with Crippen molar-refractivity contribution in [1.82, 2.24) is 0 Å². The second kappa shape index (κ2) is 9.55. The predicted octanol–water partition coefficient (Wildman–Crippen LogP) is 5.11. The molecule has 0 heterocycles. The first-order valence-electron chi connectivity index (χ1n) is 11.9. The molecule has 0 radical (unpaired) electrons. The van der Waals surface area contributed by atoms with Gasteiger partial charge in [0.1, 0.15) is 6.61 Å². The molecule has 0 aliphatic heterocycles. The Morgan fingerprint density at radius 2 is 1.69 bits per heavy atom. The van der Waals surface area contributed by atoms with Gasteiger partial charge in [0, 0.05) is 11.8 Å². The Morgan fingerprint density at radius 3 is 2.37 bits per heavy atom. The van der Waals surface area contributed by atoms with Gasteiger partial charge in [0.25, 0.3) is 0 Å². The number of benzene rings is 3. The lowest BCUT2D eigenvalue weighted by molar-refractivity contribution is 0.180. The lowest BCUT2D eigenvalue weighted by Gasteiger charge is -2.20. The molecule has 0 bridgehead atoms. The number of ether oxygens (including phenoxy) is 3. The van der Waals surface area contributed by atoms with Crippen molar-refractivity contribution in [2.45, 2.75) is 43.3 Å². The number of sulfone groups is 1. The van der Waals surface area contributed by atoms with Gasteiger partial charge in [0.2, 0.25) is 5.75 Å². The smallest absolute Gasteiger partial charge is 0.204 e. The summed E-state index contributed by atoms with van der Waals surface area (Å²) in [7, 11) is -1.65. The van der Waals surface area contributed by atoms with Crippen LogP contribution in [0, 0.1) is 5.92 Å². The summed E-state index contributed by atoms with van der Waals surface area (Å²) < 4.78 is 41.9. The molecule has 5 rings (SSSR count). The van der Waals surface area contributed by atoms with E-state index in [9.17, 15) is 13.5 Å². The van der Waals surface area contributed by atoms with Gasteiger partial charge in [-0.1, -0.05) is 30.3 Å². The number of methoxy groups -OCH3 is 1. The van der Waals surface area contributed by atoms with E-state index in [4.69, 9.17) is 14.2 Å². The predicted molar refractivity (Wildman–Crippen MR) is 134 cm³/mol. The molecule has 35 heavy (non-hydrogen) atoms. The quantitative estimate of drug-likeness (QED) is 0.445. The van der Waals surface area contributed by atoms with Crippen LogP contribution in [-0.4, -0.2) is 33.5 Å². The molecule has 1 saturated carbocycles. The Morgan fingerprint density at radius 1 is 0.914 bits per heavy atom. The average Bonchev–Trinajstić information content (AvgIpc) is 3.61. The molecule has 3 aromatic carbocycles. The zero-order chi connectivity index (χ0) is 24.6. The zero-order valence-electron chi connectivity index (χ0n) is 20.0. The summed E-state index contributed by atoms with van der Waals surface area (Å²) in [6, 6.07) is 16.6. The maximum atomic E-state index is 11.8. The molecule has 1 atom stereocenters. The van der Waals surface area contributed by atoms with Crippen LogP contribution in [-0.2, 0) is 22.9 Å². The highest BCUT2D eigenvalue weighted by atomic mass is 32.2. The maximum absolute atomic E-state index is 11.8. The molecule has 2 aliphatic rings. The number of rotatable bonds is 9. The average molecular weight is 495 g/mol. The van der Waals surface area contributed by atoms with Gasteiger partial charge in [-0.2, -0.15) is 0 Å². The fourth-order valence-electron chi connectivity index (χ4n) is 4.56. The zero-order valence-corrected chi connectivity index (χ0v) is 20.8. The Bertz CT molecular complexity index is 1330. The molecule has 0 spiro atoms. The summed E-state index contributed by atoms with van der Waals surface area (Å²) in [5.41, 5.74) is 4.82. The van der Waals surface area contributed by atoms with Crippen LogP contribution in [0.25, 0.3) is 11.1 Å². The van der Waals surface area contributed by atoms with Crippen LogP contribution in [0.2, 0.25) is 0 Å². The van der Waals surface area contributed by atoms with Gasteiger partial charge in [-0.15, -0.1) is 0 Å². The third kappa shape index (κ3) is 5.02. The Kier molecular flexibility index (Phi) is 6.47. The summed E-state index contributed by atoms with van der Waals surface area (Å²) in [5, 5.41) is 10.4. The van der Waals surface area contributed by atoms with E-state index >= 15 is 0 Å². The van der Waals surface area contributed by atoms with Crippen LogP contribution in [0.1, 0.15) is 42.1 Å². The minimum absolute atomic E-state index is 0.238. The van der Waals surface area contributed by atoms with E-state index < -0.39 is 15.9 Å². The molecule has 184 valence electrons. The van der Waals surface area contributed by atoms with Crippen LogP contribution in [0.15, 0.2) is 59.5 Å². The van der Waals surface area contributed by atoms with Crippen LogP contribution in [0.4, 0.5) is 0 Å². The summed E-state index contributed by atoms with van der Waals surface area (Å²) in [6.07, 6.45) is 4.57. The summed E-state index contributed by atoms with van der Waals surface area (Å²) in [4.78, 5) is 0.273. The normalized spacial score (nSPS) is 17.2. The highest BCUT2D eigenvalue weighted by Gasteiger charge is 2.28. The van der Waals surface area contributed by atoms with E-state index in [1.54, 1.807) is 31.4 Å². The van der Waals surface area contributed by atoms with Crippen molar-refractivity contribution in [2.75, 3.05) is 20.0 Å². The Hall–Kier alpha value is -3.03. The first kappa shape index (κ1) is 23.7. The molecule has 0 saturated heterocycles.